The van der Waals surface area contributed by atoms with E-state index in [1.165, 1.54) is 57.3 Å². The molecule has 3 heterocycles. The van der Waals surface area contributed by atoms with Crippen LogP contribution in [-0.4, -0.2) is 60.7 Å². The van der Waals surface area contributed by atoms with Crippen molar-refractivity contribution in [1.82, 2.24) is 14.8 Å². The molecule has 1 aromatic heterocycles. The van der Waals surface area contributed by atoms with E-state index in [1.807, 2.05) is 18.5 Å². The zero-order valence-corrected chi connectivity index (χ0v) is 15.0. The van der Waals surface area contributed by atoms with Gasteiger partial charge in [0.1, 0.15) is 0 Å². The second kappa shape index (κ2) is 7.11. The number of pyridine rings is 1. The molecule has 4 rings (SSSR count). The first-order valence-electron chi connectivity index (χ1n) is 9.62. The van der Waals surface area contributed by atoms with Gasteiger partial charge in [-0.15, -0.1) is 0 Å². The van der Waals surface area contributed by atoms with E-state index in [1.54, 1.807) is 0 Å². The molecular weight excluding hydrogens is 298 g/mol. The van der Waals surface area contributed by atoms with Gasteiger partial charge in [-0.25, -0.2) is 0 Å². The fraction of sp³-hybridized carbons (Fsp3) is 0.750. The highest BCUT2D eigenvalue weighted by Gasteiger charge is 2.44. The van der Waals surface area contributed by atoms with Gasteiger partial charge < -0.3 is 9.64 Å². The Kier molecular flexibility index (Phi) is 4.88. The lowest BCUT2D eigenvalue weighted by atomic mass is 9.76. The summed E-state index contributed by atoms with van der Waals surface area (Å²) in [5.74, 6) is 0.876. The topological polar surface area (TPSA) is 28.6 Å². The third-order valence-corrected chi connectivity index (χ3v) is 6.28. The number of hydrogen-bond acceptors (Lipinski definition) is 4. The molecular formula is C20H31N3O. The summed E-state index contributed by atoms with van der Waals surface area (Å²) in [7, 11) is 2.29. The van der Waals surface area contributed by atoms with E-state index in [0.717, 1.165) is 25.7 Å². The van der Waals surface area contributed by atoms with Gasteiger partial charge in [-0.05, 0) is 75.2 Å². The first-order valence-corrected chi connectivity index (χ1v) is 9.62. The fourth-order valence-corrected chi connectivity index (χ4v) is 4.52. The molecule has 3 aliphatic rings. The molecule has 132 valence electrons. The Morgan fingerprint density at radius 3 is 2.79 bits per heavy atom. The number of aromatic nitrogens is 1. The molecule has 0 amide bonds. The molecule has 0 bridgehead atoms. The zero-order chi connectivity index (χ0) is 16.4. The molecule has 3 fully saturated rings. The molecule has 1 atom stereocenters. The van der Waals surface area contributed by atoms with E-state index >= 15 is 0 Å². The van der Waals surface area contributed by atoms with Crippen LogP contribution in [0, 0.1) is 11.3 Å². The molecule has 1 unspecified atom stereocenters. The summed E-state index contributed by atoms with van der Waals surface area (Å²) in [6, 6.07) is 4.86. The smallest absolute Gasteiger partial charge is 0.0622 e. The van der Waals surface area contributed by atoms with Crippen molar-refractivity contribution in [3.63, 3.8) is 0 Å². The standard InChI is InChI=1S/C20H31N3O/c1-22-16-20(11-19(22)15-24-14-17-4-5-17)6-9-23(10-7-20)13-18-3-2-8-21-12-18/h2-3,8,12,17,19H,4-7,9-11,13-16H2,1H3. The number of likely N-dealkylation sites (tertiary alicyclic amines) is 2. The normalized spacial score (nSPS) is 27.8. The molecule has 4 heteroatoms. The van der Waals surface area contributed by atoms with E-state index in [4.69, 9.17) is 4.74 Å². The maximum absolute atomic E-state index is 5.99. The highest BCUT2D eigenvalue weighted by molar-refractivity contribution is 5.08. The maximum atomic E-state index is 5.99. The summed E-state index contributed by atoms with van der Waals surface area (Å²) in [6.07, 6.45) is 10.6. The number of hydrogen-bond donors (Lipinski definition) is 0. The second-order valence-electron chi connectivity index (χ2n) is 8.39. The lowest BCUT2D eigenvalue weighted by Gasteiger charge is -2.39. The average molecular weight is 329 g/mol. The van der Waals surface area contributed by atoms with Crippen LogP contribution >= 0.6 is 0 Å². The Labute approximate surface area is 146 Å². The van der Waals surface area contributed by atoms with E-state index < -0.39 is 0 Å². The van der Waals surface area contributed by atoms with Crippen molar-refractivity contribution in [2.45, 2.75) is 44.7 Å². The third kappa shape index (κ3) is 3.98. The minimum Gasteiger partial charge on any atom is -0.380 e. The van der Waals surface area contributed by atoms with Crippen LogP contribution in [0.3, 0.4) is 0 Å². The highest BCUT2D eigenvalue weighted by atomic mass is 16.5. The van der Waals surface area contributed by atoms with E-state index in [2.05, 4.69) is 27.9 Å². The van der Waals surface area contributed by atoms with Gasteiger partial charge in [0.15, 0.2) is 0 Å². The monoisotopic (exact) mass is 329 g/mol. The highest BCUT2D eigenvalue weighted by Crippen LogP contribution is 2.43. The third-order valence-electron chi connectivity index (χ3n) is 6.28. The van der Waals surface area contributed by atoms with Crippen LogP contribution in [0.15, 0.2) is 24.5 Å². The van der Waals surface area contributed by atoms with Crippen molar-refractivity contribution >= 4 is 0 Å². The van der Waals surface area contributed by atoms with Crippen LogP contribution in [0.4, 0.5) is 0 Å². The first kappa shape index (κ1) is 16.5. The van der Waals surface area contributed by atoms with Crippen molar-refractivity contribution in [3.05, 3.63) is 30.1 Å². The van der Waals surface area contributed by atoms with Crippen LogP contribution in [0.5, 0.6) is 0 Å². The predicted molar refractivity (Wildman–Crippen MR) is 95.8 cm³/mol. The van der Waals surface area contributed by atoms with Crippen molar-refractivity contribution < 1.29 is 4.74 Å². The van der Waals surface area contributed by atoms with Crippen LogP contribution in [0.25, 0.3) is 0 Å². The summed E-state index contributed by atoms with van der Waals surface area (Å²) in [5.41, 5.74) is 1.87. The Hall–Kier alpha value is -0.970. The maximum Gasteiger partial charge on any atom is 0.0622 e. The van der Waals surface area contributed by atoms with Crippen molar-refractivity contribution in [2.24, 2.45) is 11.3 Å². The molecule has 1 spiro atoms. The molecule has 1 saturated carbocycles. The van der Waals surface area contributed by atoms with Crippen molar-refractivity contribution in [2.75, 3.05) is 39.9 Å². The molecule has 0 aromatic carbocycles. The summed E-state index contributed by atoms with van der Waals surface area (Å²) < 4.78 is 5.99. The van der Waals surface area contributed by atoms with Crippen LogP contribution < -0.4 is 0 Å². The van der Waals surface area contributed by atoms with E-state index in [-0.39, 0.29) is 0 Å². The summed E-state index contributed by atoms with van der Waals surface area (Å²) in [5, 5.41) is 0. The number of rotatable bonds is 6. The number of nitrogens with zero attached hydrogens (tertiary/aromatic N) is 3. The Balaban J connectivity index is 1.25. The molecule has 2 saturated heterocycles. The number of piperidine rings is 1. The Morgan fingerprint density at radius 1 is 1.25 bits per heavy atom. The molecule has 2 aliphatic heterocycles. The average Bonchev–Trinajstić information content (AvgIpc) is 3.36. The quantitative estimate of drug-likeness (QED) is 0.802. The summed E-state index contributed by atoms with van der Waals surface area (Å²) in [4.78, 5) is 9.39. The molecule has 1 aromatic rings. The fourth-order valence-electron chi connectivity index (χ4n) is 4.52. The number of ether oxygens (including phenoxy) is 1. The van der Waals surface area contributed by atoms with Gasteiger partial charge in [0, 0.05) is 38.1 Å². The predicted octanol–water partition coefficient (Wildman–Crippen LogP) is 2.79. The Morgan fingerprint density at radius 2 is 2.08 bits per heavy atom. The first-order chi connectivity index (χ1) is 11.7. The van der Waals surface area contributed by atoms with Gasteiger partial charge in [0.05, 0.1) is 6.61 Å². The van der Waals surface area contributed by atoms with Crippen LogP contribution in [-0.2, 0) is 11.3 Å². The minimum absolute atomic E-state index is 0.536. The van der Waals surface area contributed by atoms with Crippen LogP contribution in [0.2, 0.25) is 0 Å². The summed E-state index contributed by atoms with van der Waals surface area (Å²) in [6.45, 7) is 6.68. The molecule has 0 radical (unpaired) electrons. The van der Waals surface area contributed by atoms with Crippen molar-refractivity contribution in [1.29, 1.82) is 0 Å². The second-order valence-corrected chi connectivity index (χ2v) is 8.39. The SMILES string of the molecule is CN1CC2(CCN(Cc3cccnc3)CC2)CC1COCC1CC1. The molecule has 24 heavy (non-hydrogen) atoms. The van der Waals surface area contributed by atoms with Crippen LogP contribution in [0.1, 0.15) is 37.7 Å². The molecule has 1 aliphatic carbocycles. The van der Waals surface area contributed by atoms with Gasteiger partial charge in [0.2, 0.25) is 0 Å². The largest absolute Gasteiger partial charge is 0.380 e. The Bertz CT molecular complexity index is 523. The minimum atomic E-state index is 0.536. The van der Waals surface area contributed by atoms with Gasteiger partial charge in [-0.3, -0.25) is 9.88 Å². The summed E-state index contributed by atoms with van der Waals surface area (Å²) >= 11 is 0. The van der Waals surface area contributed by atoms with Gasteiger partial charge in [-0.1, -0.05) is 6.07 Å². The lowest BCUT2D eigenvalue weighted by molar-refractivity contribution is 0.0776. The molecule has 4 nitrogen and oxygen atoms in total. The van der Waals surface area contributed by atoms with Gasteiger partial charge >= 0.3 is 0 Å². The van der Waals surface area contributed by atoms with E-state index in [9.17, 15) is 0 Å². The number of likely N-dealkylation sites (N-methyl/N-ethyl adjacent to an activating group) is 1. The van der Waals surface area contributed by atoms with Gasteiger partial charge in [-0.2, -0.15) is 0 Å². The molecule has 0 N–H and O–H groups in total. The zero-order valence-electron chi connectivity index (χ0n) is 15.0. The van der Waals surface area contributed by atoms with Crippen molar-refractivity contribution in [3.8, 4) is 0 Å². The van der Waals surface area contributed by atoms with Gasteiger partial charge in [0.25, 0.3) is 0 Å². The van der Waals surface area contributed by atoms with E-state index in [0.29, 0.717) is 11.5 Å². The lowest BCUT2D eigenvalue weighted by Crippen LogP contribution is -2.40.